The lowest BCUT2D eigenvalue weighted by Gasteiger charge is -2.10. The fraction of sp³-hybridized carbons (Fsp3) is 0.273. The molecule has 0 spiro atoms. The van der Waals surface area contributed by atoms with Gasteiger partial charge in [0, 0.05) is 11.3 Å². The summed E-state index contributed by atoms with van der Waals surface area (Å²) in [6.07, 6.45) is 0. The first-order valence-electron chi connectivity index (χ1n) is 5.06. The van der Waals surface area contributed by atoms with Crippen molar-refractivity contribution in [1.82, 2.24) is 9.97 Å². The molecule has 1 aromatic carbocycles. The molecule has 1 heterocycles. The van der Waals surface area contributed by atoms with Crippen LogP contribution in [-0.2, 0) is 0 Å². The molecule has 0 radical (unpaired) electrons. The van der Waals surface area contributed by atoms with Crippen molar-refractivity contribution in [3.8, 4) is 0 Å². The van der Waals surface area contributed by atoms with Crippen LogP contribution in [0.5, 0.6) is 0 Å². The highest BCUT2D eigenvalue weighted by Gasteiger charge is 2.11. The number of hydrazine groups is 1. The summed E-state index contributed by atoms with van der Waals surface area (Å²) in [6.45, 7) is 4.05. The molecule has 16 heavy (non-hydrogen) atoms. The molecule has 0 saturated heterocycles. The Balaban J connectivity index is 2.79. The third-order valence-electron chi connectivity index (χ3n) is 2.35. The lowest BCUT2D eigenvalue weighted by molar-refractivity contribution is 0.784. The molecule has 0 aliphatic heterocycles. The Morgan fingerprint density at radius 2 is 2.06 bits per heavy atom. The van der Waals surface area contributed by atoms with Gasteiger partial charge in [-0.3, -0.25) is 0 Å². The van der Waals surface area contributed by atoms with E-state index in [1.165, 1.54) is 0 Å². The number of hydrogen-bond acceptors (Lipinski definition) is 4. The highest BCUT2D eigenvalue weighted by atomic mass is 35.5. The Morgan fingerprint density at radius 1 is 1.31 bits per heavy atom. The van der Waals surface area contributed by atoms with Gasteiger partial charge in [-0.1, -0.05) is 31.5 Å². The van der Waals surface area contributed by atoms with Crippen molar-refractivity contribution in [2.24, 2.45) is 5.84 Å². The number of para-hydroxylation sites is 1. The van der Waals surface area contributed by atoms with E-state index in [-0.39, 0.29) is 5.92 Å². The van der Waals surface area contributed by atoms with Crippen molar-refractivity contribution < 1.29 is 0 Å². The predicted molar refractivity (Wildman–Crippen MR) is 66.4 cm³/mol. The summed E-state index contributed by atoms with van der Waals surface area (Å²) in [6, 6.07) is 5.55. The zero-order valence-electron chi connectivity index (χ0n) is 9.16. The van der Waals surface area contributed by atoms with Crippen LogP contribution in [0, 0.1) is 0 Å². The van der Waals surface area contributed by atoms with Crippen molar-refractivity contribution >= 4 is 28.3 Å². The largest absolute Gasteiger partial charge is 0.308 e. The standard InChI is InChI=1S/C11H13ClN4/c1-6(2)10-14-9-7(11(15-10)16-13)4-3-5-8(9)12/h3-6H,13H2,1-2H3,(H,14,15,16). The van der Waals surface area contributed by atoms with E-state index >= 15 is 0 Å². The van der Waals surface area contributed by atoms with Gasteiger partial charge in [0.05, 0.1) is 10.5 Å². The van der Waals surface area contributed by atoms with Gasteiger partial charge in [-0.25, -0.2) is 15.8 Å². The fourth-order valence-electron chi connectivity index (χ4n) is 1.50. The maximum atomic E-state index is 6.10. The van der Waals surface area contributed by atoms with Crippen LogP contribution in [0.25, 0.3) is 10.9 Å². The van der Waals surface area contributed by atoms with Crippen LogP contribution < -0.4 is 11.3 Å². The van der Waals surface area contributed by atoms with Crippen LogP contribution in [0.1, 0.15) is 25.6 Å². The first-order valence-corrected chi connectivity index (χ1v) is 5.44. The third-order valence-corrected chi connectivity index (χ3v) is 2.65. The van der Waals surface area contributed by atoms with Crippen LogP contribution >= 0.6 is 11.6 Å². The van der Waals surface area contributed by atoms with E-state index in [4.69, 9.17) is 17.4 Å². The average Bonchev–Trinajstić information content (AvgIpc) is 2.28. The second-order valence-electron chi connectivity index (χ2n) is 3.87. The average molecular weight is 237 g/mol. The maximum Gasteiger partial charge on any atom is 0.151 e. The number of benzene rings is 1. The number of fused-ring (bicyclic) bond motifs is 1. The second kappa shape index (κ2) is 4.23. The highest BCUT2D eigenvalue weighted by molar-refractivity contribution is 6.35. The molecule has 0 fully saturated rings. The summed E-state index contributed by atoms with van der Waals surface area (Å²) in [5.74, 6) is 7.02. The third kappa shape index (κ3) is 1.81. The van der Waals surface area contributed by atoms with E-state index in [2.05, 4.69) is 15.4 Å². The molecular weight excluding hydrogens is 224 g/mol. The minimum atomic E-state index is 0.229. The summed E-state index contributed by atoms with van der Waals surface area (Å²) < 4.78 is 0. The van der Waals surface area contributed by atoms with Crippen LogP contribution in [0.4, 0.5) is 5.82 Å². The smallest absolute Gasteiger partial charge is 0.151 e. The number of nitrogens with two attached hydrogens (primary N) is 1. The molecule has 2 rings (SSSR count). The zero-order chi connectivity index (χ0) is 11.7. The quantitative estimate of drug-likeness (QED) is 0.622. The van der Waals surface area contributed by atoms with E-state index in [9.17, 15) is 0 Å². The molecule has 5 heteroatoms. The van der Waals surface area contributed by atoms with Crippen molar-refractivity contribution in [3.63, 3.8) is 0 Å². The normalized spacial score (nSPS) is 11.1. The molecule has 0 amide bonds. The SMILES string of the molecule is CC(C)c1nc(NN)c2cccc(Cl)c2n1. The van der Waals surface area contributed by atoms with Crippen LogP contribution in [0.15, 0.2) is 18.2 Å². The van der Waals surface area contributed by atoms with Gasteiger partial charge in [0.15, 0.2) is 5.82 Å². The monoisotopic (exact) mass is 236 g/mol. The Bertz CT molecular complexity index is 525. The molecule has 1 aromatic heterocycles. The van der Waals surface area contributed by atoms with Crippen LogP contribution in [-0.4, -0.2) is 9.97 Å². The van der Waals surface area contributed by atoms with Gasteiger partial charge in [-0.05, 0) is 12.1 Å². The molecule has 84 valence electrons. The van der Waals surface area contributed by atoms with E-state index < -0.39 is 0 Å². The topological polar surface area (TPSA) is 63.8 Å². The number of nitrogens with one attached hydrogen (secondary N) is 1. The first kappa shape index (κ1) is 11.1. The molecule has 2 aromatic rings. The number of hydrogen-bond donors (Lipinski definition) is 2. The van der Waals surface area contributed by atoms with Gasteiger partial charge in [0.25, 0.3) is 0 Å². The van der Waals surface area contributed by atoms with Gasteiger partial charge in [0.1, 0.15) is 5.82 Å². The van der Waals surface area contributed by atoms with Gasteiger partial charge >= 0.3 is 0 Å². The van der Waals surface area contributed by atoms with Crippen LogP contribution in [0.2, 0.25) is 5.02 Å². The Labute approximate surface area is 98.8 Å². The van der Waals surface area contributed by atoms with E-state index in [1.807, 2.05) is 26.0 Å². The zero-order valence-corrected chi connectivity index (χ0v) is 9.92. The Morgan fingerprint density at radius 3 is 2.69 bits per heavy atom. The van der Waals surface area contributed by atoms with Gasteiger partial charge in [0.2, 0.25) is 0 Å². The Hall–Kier alpha value is -1.39. The highest BCUT2D eigenvalue weighted by Crippen LogP contribution is 2.27. The molecule has 0 bridgehead atoms. The summed E-state index contributed by atoms with van der Waals surface area (Å²) in [7, 11) is 0. The second-order valence-corrected chi connectivity index (χ2v) is 4.27. The number of nitrogen functional groups attached to an aromatic ring is 1. The van der Waals surface area contributed by atoms with Crippen molar-refractivity contribution in [3.05, 3.63) is 29.0 Å². The summed E-state index contributed by atoms with van der Waals surface area (Å²) >= 11 is 6.10. The van der Waals surface area contributed by atoms with Gasteiger partial charge < -0.3 is 5.43 Å². The molecule has 4 nitrogen and oxygen atoms in total. The Kier molecular flexibility index (Phi) is 2.94. The van der Waals surface area contributed by atoms with Gasteiger partial charge in [-0.15, -0.1) is 0 Å². The van der Waals surface area contributed by atoms with Crippen molar-refractivity contribution in [2.75, 3.05) is 5.43 Å². The number of anilines is 1. The summed E-state index contributed by atoms with van der Waals surface area (Å²) in [5, 5.41) is 1.44. The van der Waals surface area contributed by atoms with Crippen molar-refractivity contribution in [2.45, 2.75) is 19.8 Å². The fourth-order valence-corrected chi connectivity index (χ4v) is 1.72. The van der Waals surface area contributed by atoms with E-state index in [1.54, 1.807) is 6.07 Å². The number of rotatable bonds is 2. The number of nitrogens with zero attached hydrogens (tertiary/aromatic N) is 2. The van der Waals surface area contributed by atoms with E-state index in [0.717, 1.165) is 16.7 Å². The lowest BCUT2D eigenvalue weighted by atomic mass is 10.2. The predicted octanol–water partition coefficient (Wildman–Crippen LogP) is 2.69. The molecule has 0 aliphatic carbocycles. The minimum Gasteiger partial charge on any atom is -0.308 e. The summed E-state index contributed by atoms with van der Waals surface area (Å²) in [4.78, 5) is 8.80. The van der Waals surface area contributed by atoms with Crippen LogP contribution in [0.3, 0.4) is 0 Å². The minimum absolute atomic E-state index is 0.229. The summed E-state index contributed by atoms with van der Waals surface area (Å²) in [5.41, 5.74) is 3.31. The molecule has 0 aliphatic rings. The lowest BCUT2D eigenvalue weighted by Crippen LogP contribution is -2.11. The van der Waals surface area contributed by atoms with E-state index in [0.29, 0.717) is 10.8 Å². The van der Waals surface area contributed by atoms with Crippen molar-refractivity contribution in [1.29, 1.82) is 0 Å². The molecule has 0 unspecified atom stereocenters. The molecule has 0 saturated carbocycles. The number of halogens is 1. The number of aromatic nitrogens is 2. The molecular formula is C11H13ClN4. The van der Waals surface area contributed by atoms with Gasteiger partial charge in [-0.2, -0.15) is 0 Å². The molecule has 3 N–H and O–H groups in total. The maximum absolute atomic E-state index is 6.10. The molecule has 0 atom stereocenters. The first-order chi connectivity index (χ1) is 7.63.